The van der Waals surface area contributed by atoms with E-state index in [2.05, 4.69) is 26.8 Å². The average Bonchev–Trinajstić information content (AvgIpc) is 2.18. The molecule has 1 fully saturated rings. The second kappa shape index (κ2) is 4.13. The van der Waals surface area contributed by atoms with Gasteiger partial charge in [-0.05, 0) is 43.9 Å². The van der Waals surface area contributed by atoms with Gasteiger partial charge in [-0.2, -0.15) is 5.26 Å². The van der Waals surface area contributed by atoms with Gasteiger partial charge in [-0.3, -0.25) is 0 Å². The van der Waals surface area contributed by atoms with E-state index in [0.29, 0.717) is 0 Å². The van der Waals surface area contributed by atoms with Gasteiger partial charge in [-0.15, -0.1) is 0 Å². The molecular formula is C12H21N. The Balaban J connectivity index is 2.51. The number of nitrogens with zero attached hydrogens (tertiary/aromatic N) is 1. The molecule has 1 aliphatic carbocycles. The van der Waals surface area contributed by atoms with E-state index in [1.165, 1.54) is 12.8 Å². The molecule has 0 bridgehead atoms. The van der Waals surface area contributed by atoms with Crippen LogP contribution in [0.1, 0.15) is 52.9 Å². The third kappa shape index (κ3) is 2.24. The van der Waals surface area contributed by atoms with E-state index in [1.54, 1.807) is 0 Å². The Bertz CT molecular complexity index is 192. The van der Waals surface area contributed by atoms with Crippen LogP contribution in [0.3, 0.4) is 0 Å². The summed E-state index contributed by atoms with van der Waals surface area (Å²) in [6.45, 7) is 6.75. The zero-order chi connectivity index (χ0) is 9.90. The maximum absolute atomic E-state index is 9.12. The molecule has 0 heterocycles. The van der Waals surface area contributed by atoms with Crippen molar-refractivity contribution in [3.63, 3.8) is 0 Å². The minimum absolute atomic E-state index is 0.0331. The third-order valence-corrected chi connectivity index (χ3v) is 3.84. The van der Waals surface area contributed by atoms with Crippen molar-refractivity contribution in [1.82, 2.24) is 0 Å². The molecule has 0 N–H and O–H groups in total. The van der Waals surface area contributed by atoms with Gasteiger partial charge in [0.05, 0.1) is 11.5 Å². The van der Waals surface area contributed by atoms with Crippen molar-refractivity contribution in [3.8, 4) is 6.07 Å². The topological polar surface area (TPSA) is 23.8 Å². The van der Waals surface area contributed by atoms with Gasteiger partial charge < -0.3 is 0 Å². The quantitative estimate of drug-likeness (QED) is 0.633. The Morgan fingerprint density at radius 1 is 1.38 bits per heavy atom. The van der Waals surface area contributed by atoms with E-state index in [0.717, 1.165) is 31.1 Å². The molecule has 1 nitrogen and oxygen atoms in total. The van der Waals surface area contributed by atoms with Gasteiger partial charge in [-0.1, -0.05) is 20.8 Å². The van der Waals surface area contributed by atoms with Gasteiger partial charge in [0, 0.05) is 0 Å². The lowest BCUT2D eigenvalue weighted by Crippen LogP contribution is -2.27. The van der Waals surface area contributed by atoms with Crippen LogP contribution in [0.4, 0.5) is 0 Å². The lowest BCUT2D eigenvalue weighted by Gasteiger charge is -2.35. The SMILES string of the molecule is CCC1(C#N)CCC(C(C)C)CC1. The zero-order valence-electron chi connectivity index (χ0n) is 9.14. The Morgan fingerprint density at radius 2 is 1.92 bits per heavy atom. The summed E-state index contributed by atoms with van der Waals surface area (Å²) in [7, 11) is 0. The van der Waals surface area contributed by atoms with Crippen molar-refractivity contribution in [2.24, 2.45) is 17.3 Å². The van der Waals surface area contributed by atoms with Crippen LogP contribution in [-0.4, -0.2) is 0 Å². The molecule has 0 aliphatic heterocycles. The van der Waals surface area contributed by atoms with Crippen LogP contribution in [-0.2, 0) is 0 Å². The molecule has 0 saturated heterocycles. The molecule has 1 aliphatic rings. The van der Waals surface area contributed by atoms with E-state index < -0.39 is 0 Å². The molecule has 13 heavy (non-hydrogen) atoms. The van der Waals surface area contributed by atoms with Gasteiger partial charge in [0.2, 0.25) is 0 Å². The van der Waals surface area contributed by atoms with Crippen LogP contribution in [0.25, 0.3) is 0 Å². The monoisotopic (exact) mass is 179 g/mol. The highest BCUT2D eigenvalue weighted by Crippen LogP contribution is 2.42. The van der Waals surface area contributed by atoms with Crippen molar-refractivity contribution in [1.29, 1.82) is 5.26 Å². The molecular weight excluding hydrogens is 158 g/mol. The predicted octanol–water partition coefficient (Wildman–Crippen LogP) is 3.75. The number of hydrogen-bond donors (Lipinski definition) is 0. The summed E-state index contributed by atoms with van der Waals surface area (Å²) >= 11 is 0. The van der Waals surface area contributed by atoms with Crippen LogP contribution in [0.5, 0.6) is 0 Å². The molecule has 1 saturated carbocycles. The summed E-state index contributed by atoms with van der Waals surface area (Å²) in [5.74, 6) is 1.67. The first kappa shape index (κ1) is 10.6. The Kier molecular flexibility index (Phi) is 3.36. The first-order chi connectivity index (χ1) is 6.13. The Morgan fingerprint density at radius 3 is 2.23 bits per heavy atom. The summed E-state index contributed by atoms with van der Waals surface area (Å²) in [5, 5.41) is 9.12. The van der Waals surface area contributed by atoms with Gasteiger partial charge in [0.25, 0.3) is 0 Å². The van der Waals surface area contributed by atoms with Crippen molar-refractivity contribution < 1.29 is 0 Å². The summed E-state index contributed by atoms with van der Waals surface area (Å²) in [6.07, 6.45) is 5.82. The fourth-order valence-corrected chi connectivity index (χ4v) is 2.40. The van der Waals surface area contributed by atoms with Crippen molar-refractivity contribution in [2.75, 3.05) is 0 Å². The van der Waals surface area contributed by atoms with Crippen LogP contribution in [0.15, 0.2) is 0 Å². The number of hydrogen-bond acceptors (Lipinski definition) is 1. The molecule has 0 unspecified atom stereocenters. The normalized spacial score (nSPS) is 34.5. The summed E-state index contributed by atoms with van der Waals surface area (Å²) in [4.78, 5) is 0. The smallest absolute Gasteiger partial charge is 0.0689 e. The molecule has 0 spiro atoms. The summed E-state index contributed by atoms with van der Waals surface area (Å²) < 4.78 is 0. The van der Waals surface area contributed by atoms with Crippen LogP contribution in [0.2, 0.25) is 0 Å². The standard InChI is InChI=1S/C12H21N/c1-4-12(9-13)7-5-11(6-8-12)10(2)3/h10-11H,4-8H2,1-3H3. The fraction of sp³-hybridized carbons (Fsp3) is 0.917. The number of rotatable bonds is 2. The van der Waals surface area contributed by atoms with E-state index >= 15 is 0 Å². The van der Waals surface area contributed by atoms with E-state index in [9.17, 15) is 0 Å². The van der Waals surface area contributed by atoms with E-state index in [-0.39, 0.29) is 5.41 Å². The van der Waals surface area contributed by atoms with Crippen LogP contribution < -0.4 is 0 Å². The highest BCUT2D eigenvalue weighted by atomic mass is 14.4. The molecule has 0 atom stereocenters. The molecule has 0 aromatic carbocycles. The van der Waals surface area contributed by atoms with Crippen molar-refractivity contribution in [3.05, 3.63) is 0 Å². The Hall–Kier alpha value is -0.510. The highest BCUT2D eigenvalue weighted by Gasteiger charge is 2.34. The first-order valence-corrected chi connectivity index (χ1v) is 5.55. The Labute approximate surface area is 82.1 Å². The first-order valence-electron chi connectivity index (χ1n) is 5.55. The third-order valence-electron chi connectivity index (χ3n) is 3.84. The second-order valence-electron chi connectivity index (χ2n) is 4.83. The zero-order valence-corrected chi connectivity index (χ0v) is 9.14. The minimum atomic E-state index is 0.0331. The molecule has 0 radical (unpaired) electrons. The summed E-state index contributed by atoms with van der Waals surface area (Å²) in [5.41, 5.74) is 0.0331. The maximum Gasteiger partial charge on any atom is 0.0689 e. The lowest BCUT2D eigenvalue weighted by atomic mass is 9.67. The number of nitriles is 1. The van der Waals surface area contributed by atoms with Gasteiger partial charge in [-0.25, -0.2) is 0 Å². The second-order valence-corrected chi connectivity index (χ2v) is 4.83. The minimum Gasteiger partial charge on any atom is -0.198 e. The average molecular weight is 179 g/mol. The predicted molar refractivity (Wildman–Crippen MR) is 55.1 cm³/mol. The molecule has 0 amide bonds. The van der Waals surface area contributed by atoms with Crippen molar-refractivity contribution >= 4 is 0 Å². The molecule has 1 heteroatoms. The lowest BCUT2D eigenvalue weighted by molar-refractivity contribution is 0.171. The molecule has 0 aromatic rings. The molecule has 0 aromatic heterocycles. The van der Waals surface area contributed by atoms with Crippen molar-refractivity contribution in [2.45, 2.75) is 52.9 Å². The van der Waals surface area contributed by atoms with Crippen LogP contribution in [0, 0.1) is 28.6 Å². The fourth-order valence-electron chi connectivity index (χ4n) is 2.40. The van der Waals surface area contributed by atoms with Crippen LogP contribution >= 0.6 is 0 Å². The summed E-state index contributed by atoms with van der Waals surface area (Å²) in [6, 6.07) is 2.53. The molecule has 1 rings (SSSR count). The van der Waals surface area contributed by atoms with Gasteiger partial charge in [0.15, 0.2) is 0 Å². The largest absolute Gasteiger partial charge is 0.198 e. The maximum atomic E-state index is 9.12. The molecule has 74 valence electrons. The van der Waals surface area contributed by atoms with Gasteiger partial charge in [0.1, 0.15) is 0 Å². The highest BCUT2D eigenvalue weighted by molar-refractivity contribution is 5.00. The van der Waals surface area contributed by atoms with E-state index in [4.69, 9.17) is 5.26 Å². The van der Waals surface area contributed by atoms with E-state index in [1.807, 2.05) is 0 Å². The van der Waals surface area contributed by atoms with Gasteiger partial charge >= 0.3 is 0 Å².